The van der Waals surface area contributed by atoms with Gasteiger partial charge in [0.25, 0.3) is 0 Å². The third-order valence-electron chi connectivity index (χ3n) is 2.64. The molecule has 0 bridgehead atoms. The summed E-state index contributed by atoms with van der Waals surface area (Å²) in [6, 6.07) is 4.00. The number of hydrogen-bond acceptors (Lipinski definition) is 3. The quantitative estimate of drug-likeness (QED) is 0.815. The van der Waals surface area contributed by atoms with Gasteiger partial charge in [-0.3, -0.25) is 9.48 Å². The smallest absolute Gasteiger partial charge is 0.143 e. The number of nitrogens with zero attached hydrogens (tertiary/aromatic N) is 2. The van der Waals surface area contributed by atoms with Crippen molar-refractivity contribution in [1.29, 1.82) is 0 Å². The molecule has 0 saturated heterocycles. The number of Topliss-reactive ketones (excluding diaryl/α,β-unsaturated/α-hetero) is 1. The second-order valence-electron chi connectivity index (χ2n) is 4.12. The molecule has 0 atom stereocenters. The summed E-state index contributed by atoms with van der Waals surface area (Å²) in [5, 5.41) is 8.38. The van der Waals surface area contributed by atoms with E-state index in [-0.39, 0.29) is 5.78 Å². The zero-order valence-electron chi connectivity index (χ0n) is 10.1. The zero-order chi connectivity index (χ0) is 12.3. The maximum Gasteiger partial charge on any atom is 0.143 e. The fraction of sp³-hybridized carbons (Fsp3) is 0.385. The van der Waals surface area contributed by atoms with Crippen LogP contribution >= 0.6 is 11.3 Å². The van der Waals surface area contributed by atoms with E-state index in [0.29, 0.717) is 12.8 Å². The molecule has 0 radical (unpaired) electrons. The van der Waals surface area contributed by atoms with Gasteiger partial charge in [0.2, 0.25) is 0 Å². The molecule has 0 aliphatic rings. The van der Waals surface area contributed by atoms with Gasteiger partial charge < -0.3 is 0 Å². The molecule has 0 aliphatic heterocycles. The van der Waals surface area contributed by atoms with E-state index in [4.69, 9.17) is 0 Å². The van der Waals surface area contributed by atoms with Gasteiger partial charge in [-0.05, 0) is 42.3 Å². The van der Waals surface area contributed by atoms with E-state index in [0.717, 1.165) is 23.5 Å². The second-order valence-corrected chi connectivity index (χ2v) is 4.90. The number of ketones is 1. The molecule has 3 nitrogen and oxygen atoms in total. The van der Waals surface area contributed by atoms with Gasteiger partial charge in [-0.1, -0.05) is 0 Å². The van der Waals surface area contributed by atoms with Crippen molar-refractivity contribution < 1.29 is 4.79 Å². The Kier molecular flexibility index (Phi) is 3.74. The summed E-state index contributed by atoms with van der Waals surface area (Å²) >= 11 is 1.63. The number of thiophene rings is 1. The van der Waals surface area contributed by atoms with Crippen LogP contribution in [0.2, 0.25) is 0 Å². The highest BCUT2D eigenvalue weighted by atomic mass is 32.1. The van der Waals surface area contributed by atoms with Gasteiger partial charge in [0.1, 0.15) is 5.78 Å². The Balaban J connectivity index is 2.02. The molecule has 2 heterocycles. The lowest BCUT2D eigenvalue weighted by molar-refractivity contribution is -0.117. The van der Waals surface area contributed by atoms with Crippen molar-refractivity contribution in [2.45, 2.75) is 33.2 Å². The number of carbonyl (C=O) groups excluding carboxylic acids is 1. The topological polar surface area (TPSA) is 34.9 Å². The number of aryl methyl sites for hydroxylation is 2. The Morgan fingerprint density at radius 2 is 2.29 bits per heavy atom. The van der Waals surface area contributed by atoms with Gasteiger partial charge in [0.05, 0.1) is 5.69 Å². The minimum Gasteiger partial charge on any atom is -0.299 e. The molecule has 0 spiro atoms. The number of hydrogen-bond donors (Lipinski definition) is 0. The van der Waals surface area contributed by atoms with Gasteiger partial charge in [-0.15, -0.1) is 0 Å². The SMILES string of the molecule is CCn1nc(C)cc1CC(=O)Cc1ccsc1. The highest BCUT2D eigenvalue weighted by Gasteiger charge is 2.10. The van der Waals surface area contributed by atoms with Crippen molar-refractivity contribution in [2.24, 2.45) is 0 Å². The molecule has 4 heteroatoms. The van der Waals surface area contributed by atoms with E-state index in [9.17, 15) is 4.79 Å². The van der Waals surface area contributed by atoms with E-state index in [1.165, 1.54) is 0 Å². The number of aromatic nitrogens is 2. The van der Waals surface area contributed by atoms with E-state index >= 15 is 0 Å². The maximum absolute atomic E-state index is 11.9. The lowest BCUT2D eigenvalue weighted by Gasteiger charge is -2.03. The van der Waals surface area contributed by atoms with Crippen LogP contribution in [0.5, 0.6) is 0 Å². The third kappa shape index (κ3) is 3.03. The molecular weight excluding hydrogens is 232 g/mol. The van der Waals surface area contributed by atoms with Crippen molar-refractivity contribution >= 4 is 17.1 Å². The van der Waals surface area contributed by atoms with Crippen molar-refractivity contribution in [1.82, 2.24) is 9.78 Å². The Bertz CT molecular complexity index is 499. The van der Waals surface area contributed by atoms with Crippen molar-refractivity contribution in [2.75, 3.05) is 0 Å². The van der Waals surface area contributed by atoms with E-state index in [1.807, 2.05) is 41.4 Å². The molecule has 90 valence electrons. The van der Waals surface area contributed by atoms with Crippen LogP contribution in [0.15, 0.2) is 22.9 Å². The first-order valence-corrected chi connectivity index (χ1v) is 6.69. The van der Waals surface area contributed by atoms with Gasteiger partial charge in [-0.25, -0.2) is 0 Å². The highest BCUT2D eigenvalue weighted by molar-refractivity contribution is 7.07. The monoisotopic (exact) mass is 248 g/mol. The fourth-order valence-electron chi connectivity index (χ4n) is 1.90. The minimum atomic E-state index is 0.248. The average Bonchev–Trinajstić information content (AvgIpc) is 2.88. The van der Waals surface area contributed by atoms with E-state index in [2.05, 4.69) is 5.10 Å². The standard InChI is InChI=1S/C13H16N2OS/c1-3-15-12(6-10(2)14-15)8-13(16)7-11-4-5-17-9-11/h4-6,9H,3,7-8H2,1-2H3. The summed E-state index contributed by atoms with van der Waals surface area (Å²) < 4.78 is 1.90. The zero-order valence-corrected chi connectivity index (χ0v) is 11.0. The molecule has 2 rings (SSSR count). The van der Waals surface area contributed by atoms with Crippen LogP contribution in [0, 0.1) is 6.92 Å². The first-order valence-electron chi connectivity index (χ1n) is 5.75. The summed E-state index contributed by atoms with van der Waals surface area (Å²) in [6.45, 7) is 4.81. The summed E-state index contributed by atoms with van der Waals surface area (Å²) in [4.78, 5) is 11.9. The predicted molar refractivity (Wildman–Crippen MR) is 69.4 cm³/mol. The highest BCUT2D eigenvalue weighted by Crippen LogP contribution is 2.10. The minimum absolute atomic E-state index is 0.248. The lowest BCUT2D eigenvalue weighted by atomic mass is 10.1. The maximum atomic E-state index is 11.9. The molecule has 2 aromatic heterocycles. The fourth-order valence-corrected chi connectivity index (χ4v) is 2.57. The van der Waals surface area contributed by atoms with Crippen LogP contribution in [0.3, 0.4) is 0 Å². The summed E-state index contributed by atoms with van der Waals surface area (Å²) in [5.74, 6) is 0.248. The molecule has 0 aromatic carbocycles. The van der Waals surface area contributed by atoms with Crippen molar-refractivity contribution in [3.05, 3.63) is 39.8 Å². The molecule has 0 aliphatic carbocycles. The molecule has 17 heavy (non-hydrogen) atoms. The molecule has 0 N–H and O–H groups in total. The molecule has 0 unspecified atom stereocenters. The second kappa shape index (κ2) is 5.27. The lowest BCUT2D eigenvalue weighted by Crippen LogP contribution is -2.11. The van der Waals surface area contributed by atoms with E-state index < -0.39 is 0 Å². The van der Waals surface area contributed by atoms with Crippen LogP contribution in [-0.4, -0.2) is 15.6 Å². The van der Waals surface area contributed by atoms with Crippen LogP contribution in [0.25, 0.3) is 0 Å². The molecule has 0 saturated carbocycles. The Morgan fingerprint density at radius 1 is 1.47 bits per heavy atom. The number of carbonyl (C=O) groups is 1. The van der Waals surface area contributed by atoms with Gasteiger partial charge in [0, 0.05) is 25.1 Å². The van der Waals surface area contributed by atoms with Crippen LogP contribution in [0.1, 0.15) is 23.9 Å². The Hall–Kier alpha value is -1.42. The molecule has 2 aromatic rings. The van der Waals surface area contributed by atoms with Gasteiger partial charge in [0.15, 0.2) is 0 Å². The van der Waals surface area contributed by atoms with Crippen molar-refractivity contribution in [3.63, 3.8) is 0 Å². The van der Waals surface area contributed by atoms with Crippen LogP contribution in [-0.2, 0) is 24.2 Å². The van der Waals surface area contributed by atoms with Crippen LogP contribution < -0.4 is 0 Å². The van der Waals surface area contributed by atoms with Crippen molar-refractivity contribution in [3.8, 4) is 0 Å². The summed E-state index contributed by atoms with van der Waals surface area (Å²) in [7, 11) is 0. The van der Waals surface area contributed by atoms with E-state index in [1.54, 1.807) is 11.3 Å². The third-order valence-corrected chi connectivity index (χ3v) is 3.38. The number of rotatable bonds is 5. The first-order chi connectivity index (χ1) is 8.19. The first kappa shape index (κ1) is 12.0. The summed E-state index contributed by atoms with van der Waals surface area (Å²) in [6.07, 6.45) is 1.00. The molecule has 0 amide bonds. The largest absolute Gasteiger partial charge is 0.299 e. The normalized spacial score (nSPS) is 10.7. The van der Waals surface area contributed by atoms with Gasteiger partial charge in [-0.2, -0.15) is 16.4 Å². The molecule has 0 fully saturated rings. The molecular formula is C13H16N2OS. The van der Waals surface area contributed by atoms with Crippen LogP contribution in [0.4, 0.5) is 0 Å². The predicted octanol–water partition coefficient (Wildman–Crippen LogP) is 2.63. The Labute approximate surface area is 105 Å². The Morgan fingerprint density at radius 3 is 2.94 bits per heavy atom. The average molecular weight is 248 g/mol. The summed E-state index contributed by atoms with van der Waals surface area (Å²) in [5.41, 5.74) is 3.11. The van der Waals surface area contributed by atoms with Gasteiger partial charge >= 0.3 is 0 Å².